The number of amides is 1. The van der Waals surface area contributed by atoms with Gasteiger partial charge < -0.3 is 34.7 Å². The number of hydrogen-bond donors (Lipinski definition) is 2. The summed E-state index contributed by atoms with van der Waals surface area (Å²) in [6.07, 6.45) is 4.84. The number of benzene rings is 1. The van der Waals surface area contributed by atoms with Crippen LogP contribution >= 0.6 is 11.6 Å². The van der Waals surface area contributed by atoms with Crippen LogP contribution in [0, 0.1) is 20.2 Å². The summed E-state index contributed by atoms with van der Waals surface area (Å²) in [5.41, 5.74) is 0.958. The van der Waals surface area contributed by atoms with E-state index in [1.807, 2.05) is 11.0 Å². The minimum Gasteiger partial charge on any atom is -0.495 e. The molecule has 2 heterocycles. The van der Waals surface area contributed by atoms with E-state index in [9.17, 15) is 29.8 Å². The Morgan fingerprint density at radius 3 is 2.76 bits per heavy atom. The third-order valence-corrected chi connectivity index (χ3v) is 7.53. The Kier molecular flexibility index (Phi) is 15.6. The number of amidine groups is 1. The number of anilines is 2. The number of halogens is 1. The number of aromatic nitrogens is 2. The molecule has 1 aromatic heterocycles. The predicted molar refractivity (Wildman–Crippen MR) is 181 cm³/mol. The van der Waals surface area contributed by atoms with Crippen LogP contribution in [0.1, 0.15) is 54.9 Å². The van der Waals surface area contributed by atoms with Crippen LogP contribution in [0.4, 0.5) is 11.8 Å². The highest BCUT2D eigenvalue weighted by Crippen LogP contribution is 2.27. The number of nitrogens with one attached hydrogen (secondary N) is 2. The van der Waals surface area contributed by atoms with E-state index in [1.165, 1.54) is 19.5 Å². The van der Waals surface area contributed by atoms with Gasteiger partial charge in [0.25, 0.3) is 16.1 Å². The van der Waals surface area contributed by atoms with E-state index in [0.717, 1.165) is 12.0 Å². The number of esters is 1. The van der Waals surface area contributed by atoms with Crippen molar-refractivity contribution in [2.45, 2.75) is 57.7 Å². The molecule has 2 aromatic rings. The maximum absolute atomic E-state index is 13.3. The average Bonchev–Trinajstić information content (AvgIpc) is 3.57. The van der Waals surface area contributed by atoms with Gasteiger partial charge in [0, 0.05) is 31.9 Å². The summed E-state index contributed by atoms with van der Waals surface area (Å²) in [5, 5.41) is 25.3. The molecule has 1 aromatic carbocycles. The van der Waals surface area contributed by atoms with Crippen LogP contribution in [0.5, 0.6) is 5.75 Å². The molecule has 0 saturated carbocycles. The summed E-state index contributed by atoms with van der Waals surface area (Å²) in [6.45, 7) is 5.48. The Morgan fingerprint density at radius 2 is 2.08 bits per heavy atom. The summed E-state index contributed by atoms with van der Waals surface area (Å²) < 4.78 is 10.7. The molecule has 1 fully saturated rings. The average molecular weight is 720 g/mol. The highest BCUT2D eigenvalue weighted by atomic mass is 35.5. The molecule has 0 radical (unpaired) electrons. The summed E-state index contributed by atoms with van der Waals surface area (Å²) in [5.74, 6) is 0.330. The largest absolute Gasteiger partial charge is 0.495 e. The normalized spacial score (nSPS) is 14.9. The Labute approximate surface area is 291 Å². The smallest absolute Gasteiger partial charge is 0.305 e. The van der Waals surface area contributed by atoms with E-state index in [-0.39, 0.29) is 56.4 Å². The Hall–Kier alpha value is -5.59. The number of nitrogens with zero attached hydrogens (tertiary/aromatic N) is 7. The van der Waals surface area contributed by atoms with Gasteiger partial charge in [-0.05, 0) is 57.0 Å². The minimum absolute atomic E-state index is 0.0115. The molecule has 1 aliphatic heterocycles. The van der Waals surface area contributed by atoms with Gasteiger partial charge in [0.05, 0.1) is 24.7 Å². The molecule has 20 heteroatoms. The first kappa shape index (κ1) is 38.9. The van der Waals surface area contributed by atoms with E-state index in [0.29, 0.717) is 35.5 Å². The van der Waals surface area contributed by atoms with Gasteiger partial charge in [0.15, 0.2) is 0 Å². The zero-order chi connectivity index (χ0) is 36.5. The number of aliphatic imine (C=N–C) groups is 2. The van der Waals surface area contributed by atoms with Gasteiger partial charge >= 0.3 is 5.97 Å². The lowest BCUT2D eigenvalue weighted by Crippen LogP contribution is -2.36. The molecule has 1 aliphatic rings. The summed E-state index contributed by atoms with van der Waals surface area (Å²) in [6, 6.07) is 5.01. The molecule has 1 saturated heterocycles. The van der Waals surface area contributed by atoms with Crippen molar-refractivity contribution in [3.05, 3.63) is 73.1 Å². The zero-order valence-corrected chi connectivity index (χ0v) is 28.2. The molecular weight excluding hydrogens is 682 g/mol. The third kappa shape index (κ3) is 12.5. The van der Waals surface area contributed by atoms with Crippen molar-refractivity contribution in [2.24, 2.45) is 9.98 Å². The molecule has 0 spiro atoms. The topological polar surface area (TPSA) is 235 Å². The molecule has 2 atom stereocenters. The lowest BCUT2D eigenvalue weighted by atomic mass is 10.1. The van der Waals surface area contributed by atoms with Gasteiger partial charge in [0.1, 0.15) is 42.3 Å². The Balaban J connectivity index is 1.70. The molecule has 50 heavy (non-hydrogen) atoms. The van der Waals surface area contributed by atoms with E-state index in [4.69, 9.17) is 21.1 Å². The molecule has 0 unspecified atom stereocenters. The summed E-state index contributed by atoms with van der Waals surface area (Å²) in [4.78, 5) is 74.4. The quantitative estimate of drug-likeness (QED) is 0.0654. The van der Waals surface area contributed by atoms with Crippen molar-refractivity contribution >= 4 is 47.8 Å². The SMILES string of the molecule is C=NC(CNC(=O)c1cnc(N2CCC[C@H]2COC(=O)CCC[C@@H](CO[N+](=O)[O-])O[N+](=O)[O-])nc1NCc1ccc(OC)c(Cl)c1)=N/C=C\C. The minimum atomic E-state index is -1.22. The fourth-order valence-corrected chi connectivity index (χ4v) is 5.10. The fraction of sp³-hybridized carbons (Fsp3) is 0.467. The van der Waals surface area contributed by atoms with Gasteiger partial charge in [-0.25, -0.2) is 15.0 Å². The number of methoxy groups -OCH3 is 1. The number of carbonyl (C=O) groups is 2. The summed E-state index contributed by atoms with van der Waals surface area (Å²) in [7, 11) is 1.52. The fourth-order valence-electron chi connectivity index (χ4n) is 4.81. The van der Waals surface area contributed by atoms with Crippen LogP contribution < -0.4 is 20.3 Å². The van der Waals surface area contributed by atoms with Crippen LogP contribution in [0.25, 0.3) is 0 Å². The third-order valence-electron chi connectivity index (χ3n) is 7.24. The molecule has 270 valence electrons. The van der Waals surface area contributed by atoms with Crippen molar-refractivity contribution < 1.29 is 38.9 Å². The lowest BCUT2D eigenvalue weighted by molar-refractivity contribution is -0.790. The van der Waals surface area contributed by atoms with E-state index >= 15 is 0 Å². The lowest BCUT2D eigenvalue weighted by Gasteiger charge is -2.25. The van der Waals surface area contributed by atoms with Gasteiger partial charge in [-0.15, -0.1) is 20.2 Å². The molecule has 0 bridgehead atoms. The maximum atomic E-state index is 13.3. The van der Waals surface area contributed by atoms with Gasteiger partial charge in [-0.2, -0.15) is 4.98 Å². The first-order valence-electron chi connectivity index (χ1n) is 15.4. The number of hydrogen-bond acceptors (Lipinski definition) is 15. The number of ether oxygens (including phenoxy) is 2. The predicted octanol–water partition coefficient (Wildman–Crippen LogP) is 3.58. The zero-order valence-electron chi connectivity index (χ0n) is 27.5. The first-order chi connectivity index (χ1) is 24.0. The molecule has 3 rings (SSSR count). The van der Waals surface area contributed by atoms with Crippen molar-refractivity contribution in [1.82, 2.24) is 15.3 Å². The standard InChI is InChI=1S/C30H38ClN9O10/c1-4-12-33-26(32-2)17-35-29(42)23-16-36-30(37-28(23)34-15-20-10-11-25(47-3)24(31)14-20)38-13-6-7-21(38)18-48-27(41)9-5-8-22(50-40(45)46)19-49-39(43)44/h4,10-12,14,16,21-22H,2,5-9,13,15,17-19H2,1,3H3,(H,35,42)(H,34,36,37)/b12-4-,33-26?/t21-,22-/m0/s1. The van der Waals surface area contributed by atoms with Crippen molar-refractivity contribution in [2.75, 3.05) is 43.6 Å². The number of rotatable bonds is 20. The monoisotopic (exact) mass is 719 g/mol. The van der Waals surface area contributed by atoms with E-state index in [1.54, 1.807) is 25.1 Å². The van der Waals surface area contributed by atoms with E-state index in [2.05, 4.69) is 47.0 Å². The van der Waals surface area contributed by atoms with Crippen LogP contribution in [-0.2, 0) is 25.8 Å². The number of carbonyl (C=O) groups excluding carboxylic acids is 2. The molecule has 0 aliphatic carbocycles. The van der Waals surface area contributed by atoms with Crippen molar-refractivity contribution in [1.29, 1.82) is 0 Å². The maximum Gasteiger partial charge on any atom is 0.305 e. The summed E-state index contributed by atoms with van der Waals surface area (Å²) >= 11 is 6.30. The second-order valence-corrected chi connectivity index (χ2v) is 11.1. The van der Waals surface area contributed by atoms with Crippen LogP contribution in [-0.4, -0.2) is 90.1 Å². The molecule has 1 amide bonds. The molecular formula is C30H38ClN9O10. The van der Waals surface area contributed by atoms with Crippen LogP contribution in [0.2, 0.25) is 5.02 Å². The Morgan fingerprint density at radius 1 is 1.28 bits per heavy atom. The molecule has 19 nitrogen and oxygen atoms in total. The number of allylic oxidation sites excluding steroid dienone is 1. The van der Waals surface area contributed by atoms with Gasteiger partial charge in [0.2, 0.25) is 5.95 Å². The van der Waals surface area contributed by atoms with E-state index < -0.39 is 34.8 Å². The van der Waals surface area contributed by atoms with Crippen molar-refractivity contribution in [3.8, 4) is 5.75 Å². The van der Waals surface area contributed by atoms with Crippen LogP contribution in [0.15, 0.2) is 46.7 Å². The highest BCUT2D eigenvalue weighted by molar-refractivity contribution is 6.32. The second kappa shape index (κ2) is 20.0. The van der Waals surface area contributed by atoms with Gasteiger partial charge in [-0.3, -0.25) is 9.59 Å². The second-order valence-electron chi connectivity index (χ2n) is 10.7. The highest BCUT2D eigenvalue weighted by Gasteiger charge is 2.29. The molecule has 2 N–H and O–H groups in total. The van der Waals surface area contributed by atoms with Gasteiger partial charge in [-0.1, -0.05) is 23.7 Å². The Bertz CT molecular complexity index is 1580. The first-order valence-corrected chi connectivity index (χ1v) is 15.8. The van der Waals surface area contributed by atoms with Crippen molar-refractivity contribution in [3.63, 3.8) is 0 Å². The van der Waals surface area contributed by atoms with Crippen LogP contribution in [0.3, 0.4) is 0 Å².